The summed E-state index contributed by atoms with van der Waals surface area (Å²) in [4.78, 5) is 13.6. The van der Waals surface area contributed by atoms with Crippen molar-refractivity contribution >= 4 is 5.91 Å². The predicted molar refractivity (Wildman–Crippen MR) is 74.9 cm³/mol. The molecule has 1 saturated carbocycles. The molecule has 0 radical (unpaired) electrons. The van der Waals surface area contributed by atoms with Crippen molar-refractivity contribution in [3.05, 3.63) is 23.8 Å². The molecule has 0 heterocycles. The number of ether oxygens (including phenoxy) is 2. The van der Waals surface area contributed by atoms with E-state index in [-0.39, 0.29) is 12.5 Å². The fraction of sp³-hybridized carbons (Fsp3) is 0.533. The Kier molecular flexibility index (Phi) is 4.49. The molecule has 20 heavy (non-hydrogen) atoms. The van der Waals surface area contributed by atoms with Gasteiger partial charge in [0.05, 0.1) is 13.2 Å². The minimum absolute atomic E-state index is 0.00259. The van der Waals surface area contributed by atoms with Crippen molar-refractivity contribution in [2.45, 2.75) is 31.9 Å². The minimum atomic E-state index is -0.569. The van der Waals surface area contributed by atoms with Gasteiger partial charge in [-0.25, -0.2) is 0 Å². The van der Waals surface area contributed by atoms with E-state index in [0.717, 1.165) is 18.4 Å². The zero-order valence-corrected chi connectivity index (χ0v) is 12.1. The lowest BCUT2D eigenvalue weighted by atomic mass is 10.1. The normalized spacial score (nSPS) is 15.6. The fourth-order valence-electron chi connectivity index (χ4n) is 1.97. The second-order valence-corrected chi connectivity index (χ2v) is 5.11. The molecule has 1 aromatic rings. The Balaban J connectivity index is 1.99. The first kappa shape index (κ1) is 14.7. The number of carbonyl (C=O) groups is 1. The van der Waals surface area contributed by atoms with Crippen molar-refractivity contribution in [2.24, 2.45) is 0 Å². The molecule has 1 aromatic carbocycles. The van der Waals surface area contributed by atoms with Gasteiger partial charge in [0.2, 0.25) is 0 Å². The molecule has 110 valence electrons. The van der Waals surface area contributed by atoms with Crippen molar-refractivity contribution in [1.82, 2.24) is 4.90 Å². The van der Waals surface area contributed by atoms with Crippen LogP contribution in [0.4, 0.5) is 0 Å². The Morgan fingerprint density at radius 3 is 2.70 bits per heavy atom. The van der Waals surface area contributed by atoms with E-state index in [1.165, 1.54) is 7.11 Å². The molecule has 1 aliphatic carbocycles. The first-order valence-electron chi connectivity index (χ1n) is 6.77. The number of hydrogen-bond donors (Lipinski definition) is 1. The summed E-state index contributed by atoms with van der Waals surface area (Å²) in [6, 6.07) is 5.57. The Morgan fingerprint density at radius 2 is 2.15 bits per heavy atom. The molecule has 0 aromatic heterocycles. The smallest absolute Gasteiger partial charge is 0.260 e. The third-order valence-electron chi connectivity index (χ3n) is 3.51. The second-order valence-electron chi connectivity index (χ2n) is 5.11. The van der Waals surface area contributed by atoms with Crippen LogP contribution in [0.5, 0.6) is 11.5 Å². The van der Waals surface area contributed by atoms with Crippen LogP contribution >= 0.6 is 0 Å². The molecule has 0 unspecified atom stereocenters. The van der Waals surface area contributed by atoms with Crippen LogP contribution in [0.15, 0.2) is 18.2 Å². The number of likely N-dealkylation sites (N-methyl/N-ethyl adjacent to an activating group) is 1. The van der Waals surface area contributed by atoms with Crippen LogP contribution < -0.4 is 9.47 Å². The van der Waals surface area contributed by atoms with Crippen molar-refractivity contribution in [3.63, 3.8) is 0 Å². The number of hydrogen-bond acceptors (Lipinski definition) is 4. The molecule has 2 rings (SSSR count). The summed E-state index contributed by atoms with van der Waals surface area (Å²) in [5.41, 5.74) is 0.746. The van der Waals surface area contributed by atoms with E-state index in [2.05, 4.69) is 0 Å². The lowest BCUT2D eigenvalue weighted by Gasteiger charge is -2.17. The van der Waals surface area contributed by atoms with Crippen LogP contribution in [0.3, 0.4) is 0 Å². The summed E-state index contributed by atoms with van der Waals surface area (Å²) >= 11 is 0. The number of amides is 1. The van der Waals surface area contributed by atoms with E-state index >= 15 is 0 Å². The third-order valence-corrected chi connectivity index (χ3v) is 3.51. The molecule has 5 nitrogen and oxygen atoms in total. The summed E-state index contributed by atoms with van der Waals surface area (Å²) < 4.78 is 10.8. The van der Waals surface area contributed by atoms with Gasteiger partial charge in [-0.2, -0.15) is 0 Å². The molecular weight excluding hydrogens is 258 g/mol. The maximum Gasteiger partial charge on any atom is 0.260 e. The summed E-state index contributed by atoms with van der Waals surface area (Å²) in [5.74, 6) is 0.994. The van der Waals surface area contributed by atoms with E-state index in [1.807, 2.05) is 0 Å². The molecule has 0 bridgehead atoms. The van der Waals surface area contributed by atoms with Gasteiger partial charge in [0, 0.05) is 13.1 Å². The summed E-state index contributed by atoms with van der Waals surface area (Å²) in [5, 5.41) is 9.54. The fourth-order valence-corrected chi connectivity index (χ4v) is 1.97. The quantitative estimate of drug-likeness (QED) is 0.862. The summed E-state index contributed by atoms with van der Waals surface area (Å²) in [6.07, 6.45) is 1.59. The van der Waals surface area contributed by atoms with Crippen LogP contribution in [0.1, 0.15) is 31.4 Å². The van der Waals surface area contributed by atoms with Gasteiger partial charge in [-0.15, -0.1) is 0 Å². The maximum atomic E-state index is 11.9. The highest BCUT2D eigenvalue weighted by molar-refractivity contribution is 5.78. The van der Waals surface area contributed by atoms with Crippen molar-refractivity contribution < 1.29 is 19.4 Å². The number of methoxy groups -OCH3 is 1. The molecule has 1 amide bonds. The van der Waals surface area contributed by atoms with Gasteiger partial charge in [0.25, 0.3) is 5.91 Å². The topological polar surface area (TPSA) is 59.0 Å². The number of nitrogens with zero attached hydrogens (tertiary/aromatic N) is 1. The largest absolute Gasteiger partial charge is 0.493 e. The van der Waals surface area contributed by atoms with Gasteiger partial charge in [-0.05, 0) is 37.5 Å². The Morgan fingerprint density at radius 1 is 1.45 bits per heavy atom. The first-order valence-corrected chi connectivity index (χ1v) is 6.77. The van der Waals surface area contributed by atoms with E-state index < -0.39 is 6.10 Å². The Bertz CT molecular complexity index is 483. The van der Waals surface area contributed by atoms with Gasteiger partial charge in [0.15, 0.2) is 18.1 Å². The number of aliphatic hydroxyl groups is 1. The van der Waals surface area contributed by atoms with Crippen molar-refractivity contribution in [3.8, 4) is 11.5 Å². The molecule has 0 saturated heterocycles. The number of aliphatic hydroxyl groups excluding tert-OH is 1. The zero-order chi connectivity index (χ0) is 14.7. The zero-order valence-electron chi connectivity index (χ0n) is 12.1. The average Bonchev–Trinajstić information content (AvgIpc) is 3.28. The standard InChI is InChI=1S/C15H21NO4/c1-10(17)11-4-7-13(14(8-11)19-3)20-9-15(18)16(2)12-5-6-12/h4,7-8,10,12,17H,5-6,9H2,1-3H3/t10-/m0/s1. The number of benzene rings is 1. The van der Waals surface area contributed by atoms with Gasteiger partial charge in [-0.3, -0.25) is 4.79 Å². The van der Waals surface area contributed by atoms with Gasteiger partial charge >= 0.3 is 0 Å². The highest BCUT2D eigenvalue weighted by atomic mass is 16.5. The predicted octanol–water partition coefficient (Wildman–Crippen LogP) is 1.75. The molecular formula is C15H21NO4. The number of carbonyl (C=O) groups excluding carboxylic acids is 1. The lowest BCUT2D eigenvalue weighted by Crippen LogP contribution is -2.33. The Labute approximate surface area is 119 Å². The highest BCUT2D eigenvalue weighted by Crippen LogP contribution is 2.30. The van der Waals surface area contributed by atoms with E-state index in [1.54, 1.807) is 37.1 Å². The van der Waals surface area contributed by atoms with Crippen molar-refractivity contribution in [2.75, 3.05) is 20.8 Å². The molecule has 0 spiro atoms. The average molecular weight is 279 g/mol. The van der Waals surface area contributed by atoms with Crippen molar-refractivity contribution in [1.29, 1.82) is 0 Å². The Hall–Kier alpha value is -1.75. The van der Waals surface area contributed by atoms with E-state index in [9.17, 15) is 9.90 Å². The summed E-state index contributed by atoms with van der Waals surface area (Å²) in [7, 11) is 3.34. The van der Waals surface area contributed by atoms with Crippen LogP contribution in [-0.4, -0.2) is 42.7 Å². The van der Waals surface area contributed by atoms with Crippen LogP contribution in [0.2, 0.25) is 0 Å². The minimum Gasteiger partial charge on any atom is -0.493 e. The van der Waals surface area contributed by atoms with Crippen LogP contribution in [0, 0.1) is 0 Å². The van der Waals surface area contributed by atoms with Crippen LogP contribution in [-0.2, 0) is 4.79 Å². The lowest BCUT2D eigenvalue weighted by molar-refractivity contribution is -0.132. The molecule has 1 aliphatic rings. The molecule has 0 aliphatic heterocycles. The molecule has 1 fully saturated rings. The highest BCUT2D eigenvalue weighted by Gasteiger charge is 2.29. The van der Waals surface area contributed by atoms with E-state index in [4.69, 9.17) is 9.47 Å². The monoisotopic (exact) mass is 279 g/mol. The van der Waals surface area contributed by atoms with Gasteiger partial charge < -0.3 is 19.5 Å². The number of rotatable bonds is 6. The molecule has 1 N–H and O–H groups in total. The SMILES string of the molecule is COc1cc([C@H](C)O)ccc1OCC(=O)N(C)C1CC1. The first-order chi connectivity index (χ1) is 9.52. The van der Waals surface area contributed by atoms with Gasteiger partial charge in [0.1, 0.15) is 0 Å². The molecule has 5 heteroatoms. The van der Waals surface area contributed by atoms with E-state index in [0.29, 0.717) is 17.5 Å². The molecule has 1 atom stereocenters. The van der Waals surface area contributed by atoms with Gasteiger partial charge in [-0.1, -0.05) is 6.07 Å². The summed E-state index contributed by atoms with van der Waals surface area (Å²) in [6.45, 7) is 1.68. The maximum absolute atomic E-state index is 11.9. The van der Waals surface area contributed by atoms with Crippen LogP contribution in [0.25, 0.3) is 0 Å². The second kappa shape index (κ2) is 6.13. The third kappa shape index (κ3) is 3.42.